The molecule has 0 radical (unpaired) electrons. The fourth-order valence-electron chi connectivity index (χ4n) is 2.85. The second kappa shape index (κ2) is 6.94. The Labute approximate surface area is 134 Å². The van der Waals surface area contributed by atoms with Crippen molar-refractivity contribution in [2.45, 2.75) is 43.9 Å². The van der Waals surface area contributed by atoms with E-state index >= 15 is 0 Å². The van der Waals surface area contributed by atoms with Crippen LogP contribution in [0.1, 0.15) is 18.8 Å². The molecule has 23 heavy (non-hydrogen) atoms. The fraction of sp³-hybridized carbons (Fsp3) is 0.562. The molecule has 0 aliphatic carbocycles. The van der Waals surface area contributed by atoms with E-state index in [0.717, 1.165) is 5.56 Å². The highest BCUT2D eigenvalue weighted by atomic mass is 16.8. The highest BCUT2D eigenvalue weighted by Crippen LogP contribution is 2.35. The average Bonchev–Trinajstić information content (AvgIpc) is 2.57. The predicted molar refractivity (Wildman–Crippen MR) is 77.2 cm³/mol. The van der Waals surface area contributed by atoms with E-state index in [-0.39, 0.29) is 6.61 Å². The molecule has 0 bridgehead atoms. The van der Waals surface area contributed by atoms with Crippen LogP contribution in [0, 0.1) is 0 Å². The standard InChI is InChI=1S/C16H20O7/c1-9(17)21-14-12(18)13-11(22-16(14)19-2)8-20-15(23-13)10-6-4-3-5-7-10/h3-7,11-16,18H,8H2,1-2H3/t11-,12-,13-,14+,15?,16-/m1/s1. The van der Waals surface area contributed by atoms with Crippen LogP contribution in [0.4, 0.5) is 0 Å². The van der Waals surface area contributed by atoms with E-state index in [1.165, 1.54) is 14.0 Å². The highest BCUT2D eigenvalue weighted by molar-refractivity contribution is 5.66. The molecule has 7 nitrogen and oxygen atoms in total. The Hall–Kier alpha value is -1.51. The number of hydrogen-bond acceptors (Lipinski definition) is 7. The molecule has 2 aliphatic heterocycles. The van der Waals surface area contributed by atoms with Gasteiger partial charge in [0.15, 0.2) is 18.7 Å². The maximum Gasteiger partial charge on any atom is 0.303 e. The Balaban J connectivity index is 1.76. The lowest BCUT2D eigenvalue weighted by molar-refractivity contribution is -0.358. The van der Waals surface area contributed by atoms with E-state index < -0.39 is 43.0 Å². The third-order valence-corrected chi connectivity index (χ3v) is 3.92. The summed E-state index contributed by atoms with van der Waals surface area (Å²) in [6.07, 6.45) is -4.67. The summed E-state index contributed by atoms with van der Waals surface area (Å²) in [6, 6.07) is 9.41. The molecule has 0 spiro atoms. The fourth-order valence-corrected chi connectivity index (χ4v) is 2.85. The van der Waals surface area contributed by atoms with Crippen molar-refractivity contribution in [3.63, 3.8) is 0 Å². The van der Waals surface area contributed by atoms with Crippen LogP contribution in [0.3, 0.4) is 0 Å². The zero-order valence-corrected chi connectivity index (χ0v) is 13.0. The van der Waals surface area contributed by atoms with Gasteiger partial charge in [0, 0.05) is 19.6 Å². The molecule has 1 aromatic carbocycles. The van der Waals surface area contributed by atoms with Crippen LogP contribution in [0.25, 0.3) is 0 Å². The second-order valence-electron chi connectivity index (χ2n) is 5.52. The van der Waals surface area contributed by atoms with E-state index in [1.807, 2.05) is 30.3 Å². The summed E-state index contributed by atoms with van der Waals surface area (Å²) in [5.41, 5.74) is 0.844. The van der Waals surface area contributed by atoms with Crippen LogP contribution < -0.4 is 0 Å². The molecule has 0 saturated carbocycles. The molecule has 0 amide bonds. The van der Waals surface area contributed by atoms with E-state index in [0.29, 0.717) is 0 Å². The first-order valence-electron chi connectivity index (χ1n) is 7.45. The molecule has 3 rings (SSSR count). The number of methoxy groups -OCH3 is 1. The molecule has 1 aromatic rings. The minimum atomic E-state index is -1.07. The van der Waals surface area contributed by atoms with E-state index in [1.54, 1.807) is 0 Å². The normalized spacial score (nSPS) is 37.0. The first-order chi connectivity index (χ1) is 11.1. The van der Waals surface area contributed by atoms with Gasteiger partial charge in [0.25, 0.3) is 0 Å². The monoisotopic (exact) mass is 324 g/mol. The maximum atomic E-state index is 11.3. The third kappa shape index (κ3) is 3.39. The largest absolute Gasteiger partial charge is 0.454 e. The van der Waals surface area contributed by atoms with Gasteiger partial charge >= 0.3 is 5.97 Å². The number of hydrogen-bond donors (Lipinski definition) is 1. The van der Waals surface area contributed by atoms with Gasteiger partial charge in [-0.1, -0.05) is 30.3 Å². The number of carbonyl (C=O) groups is 1. The number of rotatable bonds is 3. The summed E-state index contributed by atoms with van der Waals surface area (Å²) < 4.78 is 27.5. The molecular weight excluding hydrogens is 304 g/mol. The van der Waals surface area contributed by atoms with Gasteiger partial charge < -0.3 is 28.8 Å². The molecule has 6 atom stereocenters. The molecular formula is C16H20O7. The quantitative estimate of drug-likeness (QED) is 0.822. The number of fused-ring (bicyclic) bond motifs is 1. The molecule has 7 heteroatoms. The summed E-state index contributed by atoms with van der Waals surface area (Å²) in [5.74, 6) is -0.523. The smallest absolute Gasteiger partial charge is 0.303 e. The summed E-state index contributed by atoms with van der Waals surface area (Å²) in [4.78, 5) is 11.3. The van der Waals surface area contributed by atoms with Gasteiger partial charge in [0.1, 0.15) is 18.3 Å². The first-order valence-corrected chi connectivity index (χ1v) is 7.45. The van der Waals surface area contributed by atoms with Crippen LogP contribution in [0.2, 0.25) is 0 Å². The highest BCUT2D eigenvalue weighted by Gasteiger charge is 2.51. The van der Waals surface area contributed by atoms with Crippen molar-refractivity contribution in [2.24, 2.45) is 0 Å². The maximum absolute atomic E-state index is 11.3. The Morgan fingerprint density at radius 2 is 2.00 bits per heavy atom. The van der Waals surface area contributed by atoms with Gasteiger partial charge in [0.2, 0.25) is 0 Å². The van der Waals surface area contributed by atoms with Crippen molar-refractivity contribution in [2.75, 3.05) is 13.7 Å². The zero-order valence-electron chi connectivity index (χ0n) is 13.0. The van der Waals surface area contributed by atoms with Crippen LogP contribution in [0.15, 0.2) is 30.3 Å². The lowest BCUT2D eigenvalue weighted by Gasteiger charge is -2.46. The Morgan fingerprint density at radius 1 is 1.26 bits per heavy atom. The van der Waals surface area contributed by atoms with Crippen LogP contribution >= 0.6 is 0 Å². The Bertz CT molecular complexity index is 534. The number of ether oxygens (including phenoxy) is 5. The summed E-state index contributed by atoms with van der Waals surface area (Å²) in [6.45, 7) is 1.51. The minimum Gasteiger partial charge on any atom is -0.454 e. The molecule has 1 N–H and O–H groups in total. The van der Waals surface area contributed by atoms with E-state index in [2.05, 4.69) is 0 Å². The van der Waals surface area contributed by atoms with Crippen molar-refractivity contribution < 1.29 is 33.6 Å². The predicted octanol–water partition coefficient (Wildman–Crippen LogP) is 0.764. The first kappa shape index (κ1) is 16.4. The number of esters is 1. The van der Waals surface area contributed by atoms with Crippen molar-refractivity contribution in [3.8, 4) is 0 Å². The minimum absolute atomic E-state index is 0.244. The SMILES string of the molecule is CO[C@@H]1O[C@@H]2COC(c3ccccc3)O[C@H]2[C@@H](O)[C@@H]1OC(C)=O. The van der Waals surface area contributed by atoms with Gasteiger partial charge in [0.05, 0.1) is 6.61 Å². The van der Waals surface area contributed by atoms with Gasteiger partial charge in [-0.3, -0.25) is 4.79 Å². The lowest BCUT2D eigenvalue weighted by Crippen LogP contribution is -2.63. The number of carbonyl (C=O) groups excluding carboxylic acids is 1. The summed E-state index contributed by atoms with van der Waals surface area (Å²) in [5, 5.41) is 10.6. The van der Waals surface area contributed by atoms with Crippen molar-refractivity contribution in [1.82, 2.24) is 0 Å². The Morgan fingerprint density at radius 3 is 2.65 bits per heavy atom. The van der Waals surface area contributed by atoms with Gasteiger partial charge in [-0.15, -0.1) is 0 Å². The average molecular weight is 324 g/mol. The molecule has 0 aromatic heterocycles. The molecule has 2 saturated heterocycles. The topological polar surface area (TPSA) is 83.5 Å². The molecule has 2 heterocycles. The van der Waals surface area contributed by atoms with Crippen molar-refractivity contribution in [3.05, 3.63) is 35.9 Å². The molecule has 2 fully saturated rings. The number of aliphatic hydroxyl groups excluding tert-OH is 1. The van der Waals surface area contributed by atoms with Crippen molar-refractivity contribution in [1.29, 1.82) is 0 Å². The Kier molecular flexibility index (Phi) is 4.93. The van der Waals surface area contributed by atoms with Gasteiger partial charge in [-0.25, -0.2) is 0 Å². The lowest BCUT2D eigenvalue weighted by atomic mass is 9.97. The third-order valence-electron chi connectivity index (χ3n) is 3.92. The van der Waals surface area contributed by atoms with Crippen LogP contribution in [-0.2, 0) is 28.5 Å². The van der Waals surface area contributed by atoms with Gasteiger partial charge in [-0.2, -0.15) is 0 Å². The summed E-state index contributed by atoms with van der Waals surface area (Å²) >= 11 is 0. The van der Waals surface area contributed by atoms with Crippen molar-refractivity contribution >= 4 is 5.97 Å². The van der Waals surface area contributed by atoms with Crippen LogP contribution in [0.5, 0.6) is 0 Å². The number of benzene rings is 1. The molecule has 2 aliphatic rings. The van der Waals surface area contributed by atoms with Gasteiger partial charge in [-0.05, 0) is 0 Å². The van der Waals surface area contributed by atoms with Crippen LogP contribution in [-0.4, -0.2) is 55.5 Å². The second-order valence-corrected chi connectivity index (χ2v) is 5.52. The van der Waals surface area contributed by atoms with E-state index in [9.17, 15) is 9.90 Å². The number of aliphatic hydroxyl groups is 1. The zero-order chi connectivity index (χ0) is 16.4. The molecule has 1 unspecified atom stereocenters. The van der Waals surface area contributed by atoms with E-state index in [4.69, 9.17) is 23.7 Å². The summed E-state index contributed by atoms with van der Waals surface area (Å²) in [7, 11) is 1.42. The molecule has 126 valence electrons.